The third-order valence-electron chi connectivity index (χ3n) is 3.32. The molecule has 0 aliphatic carbocycles. The maximum Gasteiger partial charge on any atom is 0.269 e. The van der Waals surface area contributed by atoms with E-state index in [0.29, 0.717) is 28.8 Å². The van der Waals surface area contributed by atoms with Crippen LogP contribution in [0.2, 0.25) is 5.02 Å². The van der Waals surface area contributed by atoms with E-state index in [4.69, 9.17) is 32.5 Å². The van der Waals surface area contributed by atoms with E-state index in [0.717, 1.165) is 5.56 Å². The van der Waals surface area contributed by atoms with Crippen molar-refractivity contribution < 1.29 is 14.4 Å². The molecule has 0 saturated carbocycles. The van der Waals surface area contributed by atoms with Gasteiger partial charge >= 0.3 is 0 Å². The van der Waals surface area contributed by atoms with E-state index in [9.17, 15) is 5.11 Å². The first-order chi connectivity index (χ1) is 12.1. The van der Waals surface area contributed by atoms with Crippen molar-refractivity contribution in [3.8, 4) is 22.9 Å². The zero-order chi connectivity index (χ0) is 17.8. The van der Waals surface area contributed by atoms with Crippen molar-refractivity contribution in [3.63, 3.8) is 0 Å². The quantitative estimate of drug-likeness (QED) is 0.659. The lowest BCUT2D eigenvalue weighted by Gasteiger charge is -2.06. The number of aromatic nitrogens is 2. The number of phenols is 1. The molecule has 0 aliphatic rings. The number of benzene rings is 2. The van der Waals surface area contributed by atoms with Crippen LogP contribution in [0.15, 0.2) is 47.0 Å². The van der Waals surface area contributed by atoms with Crippen LogP contribution in [0.5, 0.6) is 11.5 Å². The summed E-state index contributed by atoms with van der Waals surface area (Å²) in [6.07, 6.45) is 1.65. The van der Waals surface area contributed by atoms with Crippen molar-refractivity contribution >= 4 is 34.3 Å². The molecule has 0 saturated heterocycles. The maximum atomic E-state index is 9.74. The summed E-state index contributed by atoms with van der Waals surface area (Å²) < 4.78 is 10.6. The van der Waals surface area contributed by atoms with Crippen LogP contribution >= 0.6 is 23.2 Å². The summed E-state index contributed by atoms with van der Waals surface area (Å²) in [4.78, 5) is 4.27. The predicted molar refractivity (Wildman–Crippen MR) is 97.7 cm³/mol. The molecule has 0 aliphatic heterocycles. The molecular formula is C18H14Cl2N2O3. The van der Waals surface area contributed by atoms with Gasteiger partial charge in [0.2, 0.25) is 5.82 Å². The first-order valence-corrected chi connectivity index (χ1v) is 8.26. The molecule has 25 heavy (non-hydrogen) atoms. The summed E-state index contributed by atoms with van der Waals surface area (Å²) in [6, 6.07) is 12.1. The third-order valence-corrected chi connectivity index (χ3v) is 3.92. The molecule has 0 bridgehead atoms. The molecule has 5 nitrogen and oxygen atoms in total. The summed E-state index contributed by atoms with van der Waals surface area (Å²) in [6.45, 7) is 2.28. The van der Waals surface area contributed by atoms with E-state index in [1.165, 1.54) is 6.07 Å². The molecule has 3 rings (SSSR count). The van der Waals surface area contributed by atoms with Gasteiger partial charge in [-0.3, -0.25) is 0 Å². The largest absolute Gasteiger partial charge is 0.504 e. The number of ether oxygens (including phenoxy) is 1. The summed E-state index contributed by atoms with van der Waals surface area (Å²) >= 11 is 12.4. The molecule has 1 aromatic heterocycles. The van der Waals surface area contributed by atoms with Crippen molar-refractivity contribution in [2.45, 2.75) is 6.92 Å². The highest BCUT2D eigenvalue weighted by molar-refractivity contribution is 6.50. The first kappa shape index (κ1) is 17.3. The smallest absolute Gasteiger partial charge is 0.269 e. The number of aromatic hydroxyl groups is 1. The number of nitrogens with zero attached hydrogens (tertiary/aromatic N) is 2. The Kier molecular flexibility index (Phi) is 5.26. The minimum absolute atomic E-state index is 0.0638. The van der Waals surface area contributed by atoms with Gasteiger partial charge in [-0.1, -0.05) is 46.6 Å². The molecule has 0 atom stereocenters. The lowest BCUT2D eigenvalue weighted by Crippen LogP contribution is -1.92. The topological polar surface area (TPSA) is 68.4 Å². The fraction of sp³-hybridized carbons (Fsp3) is 0.111. The number of halogens is 2. The van der Waals surface area contributed by atoms with Crippen molar-refractivity contribution in [2.24, 2.45) is 0 Å². The number of rotatable bonds is 5. The second kappa shape index (κ2) is 7.59. The third kappa shape index (κ3) is 3.95. The average Bonchev–Trinajstić information content (AvgIpc) is 3.08. The Hall–Kier alpha value is -2.50. The molecule has 0 radical (unpaired) electrons. The van der Waals surface area contributed by atoms with Gasteiger partial charge in [-0.25, -0.2) is 0 Å². The van der Waals surface area contributed by atoms with E-state index in [1.54, 1.807) is 30.3 Å². The minimum atomic E-state index is 0.0638. The van der Waals surface area contributed by atoms with Crippen LogP contribution in [0.1, 0.15) is 18.4 Å². The Morgan fingerprint density at radius 2 is 2.08 bits per heavy atom. The van der Waals surface area contributed by atoms with Crippen molar-refractivity contribution in [1.29, 1.82) is 0 Å². The summed E-state index contributed by atoms with van der Waals surface area (Å²) in [5.41, 5.74) is 1.38. The first-order valence-electron chi connectivity index (χ1n) is 7.50. The van der Waals surface area contributed by atoms with E-state index in [-0.39, 0.29) is 16.7 Å². The van der Waals surface area contributed by atoms with Crippen LogP contribution in [0.3, 0.4) is 0 Å². The molecule has 128 valence electrons. The van der Waals surface area contributed by atoms with Gasteiger partial charge in [0.25, 0.3) is 5.89 Å². The minimum Gasteiger partial charge on any atom is -0.504 e. The maximum absolute atomic E-state index is 9.74. The second-order valence-electron chi connectivity index (χ2n) is 5.06. The highest BCUT2D eigenvalue weighted by Gasteiger charge is 2.14. The summed E-state index contributed by atoms with van der Waals surface area (Å²) in [7, 11) is 0. The molecule has 7 heteroatoms. The Morgan fingerprint density at radius 3 is 2.84 bits per heavy atom. The molecule has 0 amide bonds. The van der Waals surface area contributed by atoms with E-state index in [1.807, 2.05) is 19.1 Å². The van der Waals surface area contributed by atoms with Gasteiger partial charge in [0.15, 0.2) is 11.5 Å². The number of hydrogen-bond acceptors (Lipinski definition) is 5. The van der Waals surface area contributed by atoms with Crippen molar-refractivity contribution in [3.05, 3.63) is 58.9 Å². The fourth-order valence-electron chi connectivity index (χ4n) is 2.17. The van der Waals surface area contributed by atoms with Gasteiger partial charge in [0, 0.05) is 5.56 Å². The van der Waals surface area contributed by atoms with Gasteiger partial charge in [-0.15, -0.1) is 0 Å². The monoisotopic (exact) mass is 376 g/mol. The van der Waals surface area contributed by atoms with E-state index < -0.39 is 0 Å². The Bertz CT molecular complexity index is 922. The standard InChI is InChI=1S/C18H14Cl2N2O3/c1-2-24-16-10-11(7-8-15(16)23)9-14(20)18-21-17(22-25-18)12-5-3-4-6-13(12)19/h3-10,23H,2H2,1H3/b14-9-. The van der Waals surface area contributed by atoms with Gasteiger partial charge < -0.3 is 14.4 Å². The Balaban J connectivity index is 1.89. The SMILES string of the molecule is CCOc1cc(/C=C(\Cl)c2nc(-c3ccccc3Cl)no2)ccc1O. The van der Waals surface area contributed by atoms with Crippen LogP contribution in [-0.4, -0.2) is 21.9 Å². The Morgan fingerprint density at radius 1 is 1.28 bits per heavy atom. The van der Waals surface area contributed by atoms with Crippen molar-refractivity contribution in [2.75, 3.05) is 6.61 Å². The van der Waals surface area contributed by atoms with Gasteiger partial charge in [-0.05, 0) is 42.8 Å². The summed E-state index contributed by atoms with van der Waals surface area (Å²) in [5.74, 6) is 0.965. The molecule has 1 N–H and O–H groups in total. The van der Waals surface area contributed by atoms with Gasteiger partial charge in [0.05, 0.1) is 11.6 Å². The normalized spacial score (nSPS) is 11.6. The lowest BCUT2D eigenvalue weighted by atomic mass is 10.2. The van der Waals surface area contributed by atoms with Crippen LogP contribution in [0.25, 0.3) is 22.5 Å². The predicted octanol–water partition coefficient (Wildman–Crippen LogP) is 5.23. The molecule has 0 fully saturated rings. The fourth-order valence-corrected chi connectivity index (χ4v) is 2.60. The van der Waals surface area contributed by atoms with E-state index in [2.05, 4.69) is 10.1 Å². The number of phenolic OH excluding ortho intramolecular Hbond substituents is 1. The second-order valence-corrected chi connectivity index (χ2v) is 5.87. The zero-order valence-corrected chi connectivity index (χ0v) is 14.8. The molecule has 2 aromatic carbocycles. The van der Waals surface area contributed by atoms with Crippen molar-refractivity contribution in [1.82, 2.24) is 10.1 Å². The van der Waals surface area contributed by atoms with Crippen LogP contribution < -0.4 is 4.74 Å². The van der Waals surface area contributed by atoms with Crippen LogP contribution in [0.4, 0.5) is 0 Å². The Labute approximate surface area is 154 Å². The molecule has 0 spiro atoms. The van der Waals surface area contributed by atoms with Crippen LogP contribution in [-0.2, 0) is 0 Å². The molecular weight excluding hydrogens is 363 g/mol. The average molecular weight is 377 g/mol. The number of hydrogen-bond donors (Lipinski definition) is 1. The highest BCUT2D eigenvalue weighted by atomic mass is 35.5. The van der Waals surface area contributed by atoms with E-state index >= 15 is 0 Å². The molecule has 3 aromatic rings. The molecule has 1 heterocycles. The summed E-state index contributed by atoms with van der Waals surface area (Å²) in [5, 5.41) is 14.4. The highest BCUT2D eigenvalue weighted by Crippen LogP contribution is 2.31. The molecule has 0 unspecified atom stereocenters. The zero-order valence-electron chi connectivity index (χ0n) is 13.2. The lowest BCUT2D eigenvalue weighted by molar-refractivity contribution is 0.318. The van der Waals surface area contributed by atoms with Gasteiger partial charge in [-0.2, -0.15) is 4.98 Å². The van der Waals surface area contributed by atoms with Gasteiger partial charge in [0.1, 0.15) is 5.03 Å². The van der Waals surface area contributed by atoms with Crippen LogP contribution in [0, 0.1) is 0 Å².